The van der Waals surface area contributed by atoms with Gasteiger partial charge in [0.25, 0.3) is 0 Å². The molecule has 36 heavy (non-hydrogen) atoms. The van der Waals surface area contributed by atoms with Gasteiger partial charge in [0.1, 0.15) is 17.3 Å². The van der Waals surface area contributed by atoms with Crippen LogP contribution in [0.4, 0.5) is 15.9 Å². The van der Waals surface area contributed by atoms with E-state index in [1.54, 1.807) is 54.6 Å². The molecule has 10 heteroatoms. The molecule has 0 spiro atoms. The van der Waals surface area contributed by atoms with E-state index in [0.717, 1.165) is 5.56 Å². The summed E-state index contributed by atoms with van der Waals surface area (Å²) < 4.78 is 24.1. The Hall–Kier alpha value is -4.44. The van der Waals surface area contributed by atoms with Crippen LogP contribution in [0.5, 0.6) is 17.2 Å². The number of phenols is 1. The van der Waals surface area contributed by atoms with Gasteiger partial charge in [-0.3, -0.25) is 4.79 Å². The number of hydrogen-bond donors (Lipinski definition) is 4. The zero-order chi connectivity index (χ0) is 25.4. The predicted octanol–water partition coefficient (Wildman–Crippen LogP) is 5.80. The normalized spacial score (nSPS) is 11.1. The van der Waals surface area contributed by atoms with Gasteiger partial charge in [0.2, 0.25) is 5.78 Å². The molecule has 5 N–H and O–H groups in total. The van der Waals surface area contributed by atoms with Gasteiger partial charge in [-0.2, -0.15) is 5.10 Å². The average molecular weight is 504 g/mol. The molecule has 0 aliphatic carbocycles. The van der Waals surface area contributed by atoms with Crippen LogP contribution in [0.3, 0.4) is 0 Å². The highest BCUT2D eigenvalue weighted by molar-refractivity contribution is 7.99. The van der Waals surface area contributed by atoms with E-state index < -0.39 is 5.82 Å². The number of carbonyl (C=O) groups excluding carboxylic acids is 1. The lowest BCUT2D eigenvalue weighted by Crippen LogP contribution is -2.08. The lowest BCUT2D eigenvalue weighted by atomic mass is 10.1. The highest BCUT2D eigenvalue weighted by Gasteiger charge is 2.21. The summed E-state index contributed by atoms with van der Waals surface area (Å²) >= 11 is 1.35. The van der Waals surface area contributed by atoms with Crippen molar-refractivity contribution in [2.24, 2.45) is 0 Å². The van der Waals surface area contributed by atoms with Crippen LogP contribution in [0.25, 0.3) is 16.6 Å². The van der Waals surface area contributed by atoms with Crippen LogP contribution in [0.15, 0.2) is 66.9 Å². The first-order valence-corrected chi connectivity index (χ1v) is 12.1. The topological polar surface area (TPSA) is 118 Å². The summed E-state index contributed by atoms with van der Waals surface area (Å²) in [5.74, 6) is 0.0602. The molecule has 0 bridgehead atoms. The maximum atomic E-state index is 13.9. The number of aromatic amines is 1. The zero-order valence-electron chi connectivity index (χ0n) is 19.4. The molecule has 0 radical (unpaired) electrons. The average Bonchev–Trinajstić information content (AvgIpc) is 3.44. The van der Waals surface area contributed by atoms with Crippen molar-refractivity contribution in [1.29, 1.82) is 0 Å². The summed E-state index contributed by atoms with van der Waals surface area (Å²) in [5, 5.41) is 15.2. The quantitative estimate of drug-likeness (QED) is 0.126. The lowest BCUT2D eigenvalue weighted by molar-refractivity contribution is 0.103. The molecule has 2 heterocycles. The lowest BCUT2D eigenvalue weighted by Gasteiger charge is -2.12. The summed E-state index contributed by atoms with van der Waals surface area (Å²) in [6.45, 7) is 1.84. The molecule has 0 saturated carbocycles. The molecule has 3 aromatic carbocycles. The maximum Gasteiger partial charge on any atom is 0.214 e. The predicted molar refractivity (Wildman–Crippen MR) is 140 cm³/mol. The number of ketones is 1. The second-order valence-electron chi connectivity index (χ2n) is 8.11. The first-order valence-electron chi connectivity index (χ1n) is 10.9. The van der Waals surface area contributed by atoms with Crippen molar-refractivity contribution in [3.8, 4) is 22.9 Å². The third kappa shape index (κ3) is 4.22. The van der Waals surface area contributed by atoms with Crippen LogP contribution in [0, 0.1) is 12.7 Å². The number of aryl methyl sites for hydroxylation is 1. The number of aromatic nitrogens is 3. The molecule has 0 amide bonds. The zero-order valence-corrected chi connectivity index (χ0v) is 20.2. The van der Waals surface area contributed by atoms with Crippen LogP contribution >= 0.6 is 11.9 Å². The number of nitrogens with one attached hydrogen (secondary N) is 2. The van der Waals surface area contributed by atoms with Crippen molar-refractivity contribution in [2.45, 2.75) is 6.92 Å². The van der Waals surface area contributed by atoms with Crippen molar-refractivity contribution >= 4 is 40.1 Å². The molecule has 5 rings (SSSR count). The van der Waals surface area contributed by atoms with Crippen LogP contribution < -0.4 is 15.2 Å². The fraction of sp³-hybridized carbons (Fsp3) is 0.0769. The highest BCUT2D eigenvalue weighted by atomic mass is 32.2. The third-order valence-electron chi connectivity index (χ3n) is 5.71. The van der Waals surface area contributed by atoms with Gasteiger partial charge < -0.3 is 25.3 Å². The number of ether oxygens (including phenoxy) is 1. The Bertz CT molecular complexity index is 1610. The van der Waals surface area contributed by atoms with Gasteiger partial charge in [-0.1, -0.05) is 24.1 Å². The molecule has 0 aliphatic heterocycles. The number of hydrogen-bond acceptors (Lipinski definition) is 7. The number of benzene rings is 3. The van der Waals surface area contributed by atoms with Crippen LogP contribution in [0.1, 0.15) is 21.6 Å². The van der Waals surface area contributed by atoms with Crippen molar-refractivity contribution in [2.75, 3.05) is 16.7 Å². The summed E-state index contributed by atoms with van der Waals surface area (Å²) in [6.07, 6.45) is 3.27. The fourth-order valence-electron chi connectivity index (χ4n) is 3.94. The number of halogens is 1. The van der Waals surface area contributed by atoms with Gasteiger partial charge in [0.15, 0.2) is 11.6 Å². The van der Waals surface area contributed by atoms with E-state index in [1.807, 2.05) is 13.2 Å². The Kier molecular flexibility index (Phi) is 6.03. The largest absolute Gasteiger partial charge is 0.506 e. The van der Waals surface area contributed by atoms with Gasteiger partial charge in [0.05, 0.1) is 28.8 Å². The molecular formula is C26H22FN5O3S. The summed E-state index contributed by atoms with van der Waals surface area (Å²) in [5.41, 5.74) is 9.56. The number of rotatable bonds is 7. The molecule has 0 atom stereocenters. The number of H-pyrrole nitrogens is 1. The molecule has 8 nitrogen and oxygen atoms in total. The van der Waals surface area contributed by atoms with Gasteiger partial charge in [-0.15, -0.1) is 0 Å². The second-order valence-corrected chi connectivity index (χ2v) is 8.72. The minimum atomic E-state index is -0.456. The molecule has 2 aromatic heterocycles. The van der Waals surface area contributed by atoms with Crippen molar-refractivity contribution in [3.63, 3.8) is 0 Å². The van der Waals surface area contributed by atoms with Gasteiger partial charge in [-0.25, -0.2) is 9.07 Å². The summed E-state index contributed by atoms with van der Waals surface area (Å²) in [7, 11) is 0. The van der Waals surface area contributed by atoms with Gasteiger partial charge in [0, 0.05) is 17.2 Å². The van der Waals surface area contributed by atoms with Crippen molar-refractivity contribution < 1.29 is 19.0 Å². The molecule has 182 valence electrons. The molecular weight excluding hydrogens is 481 g/mol. The number of nitrogens with two attached hydrogens (primary N) is 1. The fourth-order valence-corrected chi connectivity index (χ4v) is 4.32. The standard InChI is InChI=1S/C26H22FN5O3S/c1-14-9-16(35-24-6-4-3-5-18(24)27)7-8-22(14)32-26(28)17(13-29-32)25(34)21-10-15-11-23(33)20(31-36-2)12-19(15)30-21/h3-13,30-31,33H,28H2,1-2H3. The number of para-hydroxylation sites is 1. The Balaban J connectivity index is 1.43. The Morgan fingerprint density at radius 3 is 2.75 bits per heavy atom. The first kappa shape index (κ1) is 23.3. The molecule has 0 unspecified atom stereocenters. The Labute approximate surface area is 210 Å². The third-order valence-corrected chi connectivity index (χ3v) is 6.13. The first-order chi connectivity index (χ1) is 17.4. The molecule has 0 aliphatic rings. The smallest absolute Gasteiger partial charge is 0.214 e. The molecule has 0 fully saturated rings. The van der Waals surface area contributed by atoms with E-state index in [0.29, 0.717) is 33.7 Å². The van der Waals surface area contributed by atoms with E-state index in [1.165, 1.54) is 28.9 Å². The van der Waals surface area contributed by atoms with E-state index in [-0.39, 0.29) is 28.7 Å². The Morgan fingerprint density at radius 1 is 1.19 bits per heavy atom. The maximum absolute atomic E-state index is 13.9. The number of carbonyl (C=O) groups is 1. The molecule has 5 aromatic rings. The highest BCUT2D eigenvalue weighted by Crippen LogP contribution is 2.32. The Morgan fingerprint density at radius 2 is 2.00 bits per heavy atom. The number of nitrogens with zero attached hydrogens (tertiary/aromatic N) is 2. The number of aromatic hydroxyl groups is 1. The van der Waals surface area contributed by atoms with E-state index in [9.17, 15) is 14.3 Å². The van der Waals surface area contributed by atoms with E-state index in [4.69, 9.17) is 10.5 Å². The van der Waals surface area contributed by atoms with Crippen molar-refractivity contribution in [1.82, 2.24) is 14.8 Å². The van der Waals surface area contributed by atoms with Gasteiger partial charge in [-0.05, 0) is 61.0 Å². The summed E-state index contributed by atoms with van der Waals surface area (Å²) in [4.78, 5) is 16.3. The summed E-state index contributed by atoms with van der Waals surface area (Å²) in [6, 6.07) is 16.3. The van der Waals surface area contributed by atoms with Gasteiger partial charge >= 0.3 is 0 Å². The monoisotopic (exact) mass is 503 g/mol. The van der Waals surface area contributed by atoms with Crippen LogP contribution in [-0.2, 0) is 0 Å². The minimum absolute atomic E-state index is 0.0834. The number of nitrogen functional groups attached to an aromatic ring is 1. The van der Waals surface area contributed by atoms with Crippen LogP contribution in [-0.4, -0.2) is 31.9 Å². The number of fused-ring (bicyclic) bond motifs is 1. The number of phenolic OH excluding ortho intramolecular Hbond substituents is 1. The van der Waals surface area contributed by atoms with Crippen molar-refractivity contribution in [3.05, 3.63) is 89.5 Å². The van der Waals surface area contributed by atoms with Crippen LogP contribution in [0.2, 0.25) is 0 Å². The number of anilines is 2. The second kappa shape index (κ2) is 9.31. The van der Waals surface area contributed by atoms with E-state index in [2.05, 4.69) is 14.8 Å². The molecule has 0 saturated heterocycles. The SMILES string of the molecule is CSNc1cc2[nH]c(C(=O)c3cnn(-c4ccc(Oc5ccccc5F)cc4C)c3N)cc2cc1O. The van der Waals surface area contributed by atoms with E-state index >= 15 is 0 Å². The minimum Gasteiger partial charge on any atom is -0.506 e.